The zero-order valence-corrected chi connectivity index (χ0v) is 15.4. The van der Waals surface area contributed by atoms with Crippen molar-refractivity contribution < 1.29 is 23.8 Å². The van der Waals surface area contributed by atoms with Gasteiger partial charge in [0.15, 0.2) is 18.1 Å². The molecule has 0 aromatic heterocycles. The van der Waals surface area contributed by atoms with E-state index in [1.807, 2.05) is 32.0 Å². The van der Waals surface area contributed by atoms with Crippen molar-refractivity contribution in [1.82, 2.24) is 0 Å². The number of aryl methyl sites for hydroxylation is 2. The monoisotopic (exact) mass is 357 g/mol. The van der Waals surface area contributed by atoms with Crippen molar-refractivity contribution in [1.29, 1.82) is 0 Å². The zero-order chi connectivity index (χ0) is 19.1. The predicted molar refractivity (Wildman–Crippen MR) is 98.8 cm³/mol. The molecule has 0 saturated heterocycles. The number of carbonyl (C=O) groups excluding carboxylic acids is 2. The van der Waals surface area contributed by atoms with E-state index < -0.39 is 5.97 Å². The van der Waals surface area contributed by atoms with Gasteiger partial charge in [-0.3, -0.25) is 9.59 Å². The van der Waals surface area contributed by atoms with Crippen molar-refractivity contribution in [3.63, 3.8) is 0 Å². The lowest BCUT2D eigenvalue weighted by atomic mass is 10.1. The molecule has 6 nitrogen and oxygen atoms in total. The smallest absolute Gasteiger partial charge is 0.310 e. The molecule has 0 heterocycles. The van der Waals surface area contributed by atoms with Crippen molar-refractivity contribution in [2.24, 2.45) is 0 Å². The summed E-state index contributed by atoms with van der Waals surface area (Å²) in [6, 6.07) is 10.9. The molecule has 0 aliphatic heterocycles. The summed E-state index contributed by atoms with van der Waals surface area (Å²) in [7, 11) is 3.07. The number of anilines is 1. The number of ether oxygens (including phenoxy) is 3. The number of esters is 1. The lowest BCUT2D eigenvalue weighted by Crippen LogP contribution is -2.22. The third-order valence-electron chi connectivity index (χ3n) is 3.91. The molecule has 2 aromatic rings. The summed E-state index contributed by atoms with van der Waals surface area (Å²) in [5.41, 5.74) is 3.36. The highest BCUT2D eigenvalue weighted by molar-refractivity contribution is 5.94. The number of para-hydroxylation sites is 1. The number of nitrogens with one attached hydrogen (secondary N) is 1. The Labute approximate surface area is 153 Å². The molecule has 2 aromatic carbocycles. The standard InChI is InChI=1S/C20H23NO5/c1-13-6-5-7-14(2)20(13)21-18(22)12-26-19(23)11-15-8-9-16(24-3)17(10-15)25-4/h5-10H,11-12H2,1-4H3,(H,21,22). The van der Waals surface area contributed by atoms with E-state index in [9.17, 15) is 9.59 Å². The molecule has 0 bridgehead atoms. The van der Waals surface area contributed by atoms with E-state index in [1.54, 1.807) is 25.3 Å². The van der Waals surface area contributed by atoms with Gasteiger partial charge in [0.1, 0.15) is 0 Å². The van der Waals surface area contributed by atoms with Crippen LogP contribution in [0.3, 0.4) is 0 Å². The lowest BCUT2D eigenvalue weighted by Gasteiger charge is -2.12. The Morgan fingerprint density at radius 3 is 2.23 bits per heavy atom. The van der Waals surface area contributed by atoms with E-state index in [0.717, 1.165) is 16.8 Å². The van der Waals surface area contributed by atoms with Crippen LogP contribution in [0.2, 0.25) is 0 Å². The lowest BCUT2D eigenvalue weighted by molar-refractivity contribution is -0.146. The fraction of sp³-hybridized carbons (Fsp3) is 0.300. The van der Waals surface area contributed by atoms with Crippen molar-refractivity contribution in [2.75, 3.05) is 26.1 Å². The summed E-state index contributed by atoms with van der Waals surface area (Å²) in [5.74, 6) is 0.250. The van der Waals surface area contributed by atoms with E-state index >= 15 is 0 Å². The van der Waals surface area contributed by atoms with Gasteiger partial charge in [0.25, 0.3) is 5.91 Å². The second kappa shape index (κ2) is 8.89. The van der Waals surface area contributed by atoms with Gasteiger partial charge in [-0.1, -0.05) is 24.3 Å². The van der Waals surface area contributed by atoms with Crippen LogP contribution in [0.15, 0.2) is 36.4 Å². The maximum absolute atomic E-state index is 12.0. The fourth-order valence-electron chi connectivity index (χ4n) is 2.54. The van der Waals surface area contributed by atoms with Gasteiger partial charge in [-0.15, -0.1) is 0 Å². The van der Waals surface area contributed by atoms with Crippen molar-refractivity contribution in [3.05, 3.63) is 53.1 Å². The summed E-state index contributed by atoms with van der Waals surface area (Å²) in [6.07, 6.45) is 0.0387. The Bertz CT molecular complexity index is 781. The Hall–Kier alpha value is -3.02. The van der Waals surface area contributed by atoms with Crippen molar-refractivity contribution >= 4 is 17.6 Å². The van der Waals surface area contributed by atoms with E-state index in [-0.39, 0.29) is 18.9 Å². The van der Waals surface area contributed by atoms with Crippen LogP contribution in [0.1, 0.15) is 16.7 Å². The van der Waals surface area contributed by atoms with Gasteiger partial charge < -0.3 is 19.5 Å². The number of amides is 1. The minimum Gasteiger partial charge on any atom is -0.493 e. The first-order valence-corrected chi connectivity index (χ1v) is 8.17. The average Bonchev–Trinajstić information content (AvgIpc) is 2.63. The predicted octanol–water partition coefficient (Wildman–Crippen LogP) is 3.05. The molecule has 0 atom stereocenters. The Morgan fingerprint density at radius 2 is 1.62 bits per heavy atom. The fourth-order valence-corrected chi connectivity index (χ4v) is 2.54. The van der Waals surface area contributed by atoms with Crippen LogP contribution in [0.4, 0.5) is 5.69 Å². The molecule has 0 saturated carbocycles. The van der Waals surface area contributed by atoms with E-state index in [2.05, 4.69) is 5.32 Å². The van der Waals surface area contributed by atoms with Gasteiger partial charge in [0.2, 0.25) is 0 Å². The molecule has 0 aliphatic carbocycles. The SMILES string of the molecule is COc1ccc(CC(=O)OCC(=O)Nc2c(C)cccc2C)cc1OC. The molecule has 1 amide bonds. The Balaban J connectivity index is 1.89. The second-order valence-electron chi connectivity index (χ2n) is 5.84. The van der Waals surface area contributed by atoms with Crippen molar-refractivity contribution in [3.8, 4) is 11.5 Å². The van der Waals surface area contributed by atoms with Crippen LogP contribution in [0.5, 0.6) is 11.5 Å². The topological polar surface area (TPSA) is 73.9 Å². The number of rotatable bonds is 7. The van der Waals surface area contributed by atoms with Crippen LogP contribution in [0.25, 0.3) is 0 Å². The van der Waals surface area contributed by atoms with Crippen LogP contribution in [-0.4, -0.2) is 32.7 Å². The first-order chi connectivity index (χ1) is 12.4. The maximum Gasteiger partial charge on any atom is 0.310 e. The molecule has 26 heavy (non-hydrogen) atoms. The first-order valence-electron chi connectivity index (χ1n) is 8.17. The highest BCUT2D eigenvalue weighted by Crippen LogP contribution is 2.27. The summed E-state index contributed by atoms with van der Waals surface area (Å²) < 4.78 is 15.4. The summed E-state index contributed by atoms with van der Waals surface area (Å²) in [4.78, 5) is 24.0. The second-order valence-corrected chi connectivity index (χ2v) is 5.84. The van der Waals surface area contributed by atoms with Gasteiger partial charge in [0.05, 0.1) is 20.6 Å². The largest absolute Gasteiger partial charge is 0.493 e. The molecule has 0 aliphatic rings. The molecule has 0 fully saturated rings. The van der Waals surface area contributed by atoms with E-state index in [0.29, 0.717) is 17.1 Å². The average molecular weight is 357 g/mol. The molecule has 138 valence electrons. The minimum absolute atomic E-state index is 0.0387. The number of hydrogen-bond donors (Lipinski definition) is 1. The van der Waals surface area contributed by atoms with Gasteiger partial charge >= 0.3 is 5.97 Å². The highest BCUT2D eigenvalue weighted by atomic mass is 16.5. The number of benzene rings is 2. The first kappa shape index (κ1) is 19.3. The van der Waals surface area contributed by atoms with Gasteiger partial charge in [-0.25, -0.2) is 0 Å². The maximum atomic E-state index is 12.0. The number of carbonyl (C=O) groups is 2. The van der Waals surface area contributed by atoms with Crippen LogP contribution in [0, 0.1) is 13.8 Å². The highest BCUT2D eigenvalue weighted by Gasteiger charge is 2.12. The zero-order valence-electron chi connectivity index (χ0n) is 15.4. The number of hydrogen-bond acceptors (Lipinski definition) is 5. The third kappa shape index (κ3) is 4.99. The molecular formula is C20H23NO5. The summed E-state index contributed by atoms with van der Waals surface area (Å²) >= 11 is 0. The van der Waals surface area contributed by atoms with Crippen LogP contribution in [-0.2, 0) is 20.7 Å². The van der Waals surface area contributed by atoms with Gasteiger partial charge in [0, 0.05) is 5.69 Å². The summed E-state index contributed by atoms with van der Waals surface area (Å²) in [6.45, 7) is 3.48. The molecule has 0 spiro atoms. The van der Waals surface area contributed by atoms with Crippen LogP contribution < -0.4 is 14.8 Å². The van der Waals surface area contributed by atoms with E-state index in [4.69, 9.17) is 14.2 Å². The molecule has 1 N–H and O–H groups in total. The third-order valence-corrected chi connectivity index (χ3v) is 3.91. The quantitative estimate of drug-likeness (QED) is 0.771. The molecular weight excluding hydrogens is 334 g/mol. The van der Waals surface area contributed by atoms with Crippen molar-refractivity contribution in [2.45, 2.75) is 20.3 Å². The Morgan fingerprint density at radius 1 is 0.962 bits per heavy atom. The van der Waals surface area contributed by atoms with Gasteiger partial charge in [-0.05, 0) is 42.7 Å². The molecule has 0 radical (unpaired) electrons. The number of methoxy groups -OCH3 is 2. The molecule has 2 rings (SSSR count). The van der Waals surface area contributed by atoms with Crippen LogP contribution >= 0.6 is 0 Å². The summed E-state index contributed by atoms with van der Waals surface area (Å²) in [5, 5.41) is 2.78. The normalized spacial score (nSPS) is 10.2. The van der Waals surface area contributed by atoms with Gasteiger partial charge in [-0.2, -0.15) is 0 Å². The molecule has 0 unspecified atom stereocenters. The van der Waals surface area contributed by atoms with E-state index in [1.165, 1.54) is 7.11 Å². The Kier molecular flexibility index (Phi) is 6.60. The minimum atomic E-state index is -0.492. The molecule has 6 heteroatoms.